The summed E-state index contributed by atoms with van der Waals surface area (Å²) in [5, 5.41) is 8.69. The van der Waals surface area contributed by atoms with Gasteiger partial charge in [0.1, 0.15) is 11.6 Å². The molecule has 0 unspecified atom stereocenters. The highest BCUT2D eigenvalue weighted by molar-refractivity contribution is 14.0. The number of halogens is 3. The average molecular weight is 454 g/mol. The van der Waals surface area contributed by atoms with E-state index in [-0.39, 0.29) is 42.0 Å². The lowest BCUT2D eigenvalue weighted by Crippen LogP contribution is -2.48. The second-order valence-electron chi connectivity index (χ2n) is 6.18. The highest BCUT2D eigenvalue weighted by Gasteiger charge is 2.13. The summed E-state index contributed by atoms with van der Waals surface area (Å²) >= 11 is 0. The number of hydrogen-bond donors (Lipinski definition) is 3. The van der Waals surface area contributed by atoms with E-state index in [0.717, 1.165) is 6.07 Å². The minimum Gasteiger partial charge on any atom is -0.356 e. The van der Waals surface area contributed by atoms with E-state index in [2.05, 4.69) is 20.9 Å². The van der Waals surface area contributed by atoms with Crippen molar-refractivity contribution in [1.29, 1.82) is 0 Å². The van der Waals surface area contributed by atoms with Crippen LogP contribution in [0.4, 0.5) is 8.78 Å². The summed E-state index contributed by atoms with van der Waals surface area (Å²) in [6, 6.07) is 3.42. The summed E-state index contributed by atoms with van der Waals surface area (Å²) in [6.45, 7) is 6.22. The Morgan fingerprint density at radius 3 is 2.21 bits per heavy atom. The molecule has 1 rings (SSSR count). The lowest BCUT2D eigenvalue weighted by atomic mass is 10.1. The van der Waals surface area contributed by atoms with Gasteiger partial charge in [-0.3, -0.25) is 9.79 Å². The van der Waals surface area contributed by atoms with E-state index in [0.29, 0.717) is 24.5 Å². The van der Waals surface area contributed by atoms with Crippen LogP contribution in [0.5, 0.6) is 0 Å². The van der Waals surface area contributed by atoms with Gasteiger partial charge in [-0.2, -0.15) is 0 Å². The predicted molar refractivity (Wildman–Crippen MR) is 103 cm³/mol. The lowest BCUT2D eigenvalue weighted by molar-refractivity contribution is -0.121. The Kier molecular flexibility index (Phi) is 9.79. The maximum Gasteiger partial charge on any atom is 0.239 e. The molecule has 0 fully saturated rings. The van der Waals surface area contributed by atoms with Crippen LogP contribution in [0.1, 0.15) is 26.3 Å². The molecule has 24 heavy (non-hydrogen) atoms. The van der Waals surface area contributed by atoms with Crippen LogP contribution in [0, 0.1) is 11.6 Å². The standard InChI is InChI=1S/C16H24F2N4O.HI/c1-16(2,3)22-14(23)10-21-15(19-4)20-6-5-11-7-12(17)9-13(18)8-11;/h7-9H,5-6,10H2,1-4H3,(H,22,23)(H2,19,20,21);1H. The lowest BCUT2D eigenvalue weighted by Gasteiger charge is -2.21. The molecule has 1 aromatic rings. The minimum atomic E-state index is -0.596. The first-order valence-electron chi connectivity index (χ1n) is 7.40. The average Bonchev–Trinajstić information content (AvgIpc) is 2.39. The maximum absolute atomic E-state index is 13.1. The van der Waals surface area contributed by atoms with Gasteiger partial charge >= 0.3 is 0 Å². The van der Waals surface area contributed by atoms with Crippen LogP contribution in [-0.4, -0.2) is 37.5 Å². The SMILES string of the molecule is CN=C(NCCc1cc(F)cc(F)c1)NCC(=O)NC(C)(C)C.I. The third-order valence-corrected chi connectivity index (χ3v) is 2.78. The smallest absolute Gasteiger partial charge is 0.239 e. The van der Waals surface area contributed by atoms with Crippen molar-refractivity contribution in [2.45, 2.75) is 32.7 Å². The molecule has 0 aliphatic heterocycles. The van der Waals surface area contributed by atoms with E-state index in [4.69, 9.17) is 0 Å². The molecule has 1 aromatic carbocycles. The van der Waals surface area contributed by atoms with Crippen molar-refractivity contribution >= 4 is 35.8 Å². The van der Waals surface area contributed by atoms with E-state index in [1.807, 2.05) is 20.8 Å². The first-order valence-corrected chi connectivity index (χ1v) is 7.40. The number of benzene rings is 1. The second-order valence-corrected chi connectivity index (χ2v) is 6.18. The Labute approximate surface area is 158 Å². The van der Waals surface area contributed by atoms with Crippen LogP contribution >= 0.6 is 24.0 Å². The van der Waals surface area contributed by atoms with Crippen LogP contribution in [0.15, 0.2) is 23.2 Å². The normalized spacial score (nSPS) is 11.5. The molecule has 0 aliphatic carbocycles. The van der Waals surface area contributed by atoms with Gasteiger partial charge in [0.05, 0.1) is 6.54 Å². The zero-order valence-corrected chi connectivity index (χ0v) is 16.7. The van der Waals surface area contributed by atoms with Gasteiger partial charge in [0.2, 0.25) is 5.91 Å². The van der Waals surface area contributed by atoms with Gasteiger partial charge in [-0.1, -0.05) is 0 Å². The van der Waals surface area contributed by atoms with Crippen LogP contribution in [0.2, 0.25) is 0 Å². The van der Waals surface area contributed by atoms with E-state index >= 15 is 0 Å². The minimum absolute atomic E-state index is 0. The fourth-order valence-electron chi connectivity index (χ4n) is 1.93. The van der Waals surface area contributed by atoms with Crippen LogP contribution < -0.4 is 16.0 Å². The van der Waals surface area contributed by atoms with Crippen LogP contribution in [-0.2, 0) is 11.2 Å². The molecule has 0 heterocycles. The van der Waals surface area contributed by atoms with Crippen molar-refractivity contribution in [1.82, 2.24) is 16.0 Å². The molecule has 1 amide bonds. The Bertz CT molecular complexity index is 553. The maximum atomic E-state index is 13.1. The summed E-state index contributed by atoms with van der Waals surface area (Å²) in [5.74, 6) is -0.888. The highest BCUT2D eigenvalue weighted by atomic mass is 127. The zero-order chi connectivity index (χ0) is 17.5. The van der Waals surface area contributed by atoms with Crippen molar-refractivity contribution in [3.8, 4) is 0 Å². The number of rotatable bonds is 5. The van der Waals surface area contributed by atoms with Gasteiger partial charge < -0.3 is 16.0 Å². The highest BCUT2D eigenvalue weighted by Crippen LogP contribution is 2.08. The molecule has 5 nitrogen and oxygen atoms in total. The number of carbonyl (C=O) groups is 1. The molecule has 0 radical (unpaired) electrons. The summed E-state index contributed by atoms with van der Waals surface area (Å²) in [6.07, 6.45) is 0.434. The predicted octanol–water partition coefficient (Wildman–Crippen LogP) is 2.21. The second kappa shape index (κ2) is 10.4. The molecular formula is C16H25F2IN4O. The summed E-state index contributed by atoms with van der Waals surface area (Å²) in [5.41, 5.74) is 0.257. The molecule has 8 heteroatoms. The van der Waals surface area contributed by atoms with Gasteiger partial charge in [0.15, 0.2) is 5.96 Å². The van der Waals surface area contributed by atoms with Crippen LogP contribution in [0.25, 0.3) is 0 Å². The Morgan fingerprint density at radius 2 is 1.71 bits per heavy atom. The molecule has 0 aliphatic rings. The summed E-state index contributed by atoms with van der Waals surface area (Å²) in [7, 11) is 1.58. The van der Waals surface area contributed by atoms with Crippen molar-refractivity contribution in [2.24, 2.45) is 4.99 Å². The molecule has 0 aromatic heterocycles. The molecular weight excluding hydrogens is 429 g/mol. The Balaban J connectivity index is 0.00000529. The quantitative estimate of drug-likeness (QED) is 0.363. The third kappa shape index (κ3) is 9.64. The number of aliphatic imine (C=N–C) groups is 1. The fraction of sp³-hybridized carbons (Fsp3) is 0.500. The van der Waals surface area contributed by atoms with E-state index < -0.39 is 11.6 Å². The molecule has 136 valence electrons. The first kappa shape index (κ1) is 22.6. The Hall–Kier alpha value is -1.45. The number of carbonyl (C=O) groups excluding carboxylic acids is 1. The van der Waals surface area contributed by atoms with Crippen molar-refractivity contribution < 1.29 is 13.6 Å². The Morgan fingerprint density at radius 1 is 1.12 bits per heavy atom. The van der Waals surface area contributed by atoms with Crippen molar-refractivity contribution in [2.75, 3.05) is 20.1 Å². The fourth-order valence-corrected chi connectivity index (χ4v) is 1.93. The van der Waals surface area contributed by atoms with E-state index in [1.54, 1.807) is 7.05 Å². The molecule has 0 atom stereocenters. The van der Waals surface area contributed by atoms with Gasteiger partial charge in [-0.25, -0.2) is 8.78 Å². The topological polar surface area (TPSA) is 65.5 Å². The number of guanidine groups is 1. The first-order chi connectivity index (χ1) is 10.7. The van der Waals surface area contributed by atoms with E-state index in [1.165, 1.54) is 12.1 Å². The molecule has 0 saturated carbocycles. The monoisotopic (exact) mass is 454 g/mol. The largest absolute Gasteiger partial charge is 0.356 e. The third-order valence-electron chi connectivity index (χ3n) is 2.78. The van der Waals surface area contributed by atoms with Crippen LogP contribution in [0.3, 0.4) is 0 Å². The number of amides is 1. The van der Waals surface area contributed by atoms with Gasteiger partial charge in [-0.15, -0.1) is 24.0 Å². The van der Waals surface area contributed by atoms with Crippen molar-refractivity contribution in [3.05, 3.63) is 35.4 Å². The molecule has 0 bridgehead atoms. The molecule has 0 saturated heterocycles. The van der Waals surface area contributed by atoms with Crippen molar-refractivity contribution in [3.63, 3.8) is 0 Å². The zero-order valence-electron chi connectivity index (χ0n) is 14.4. The number of nitrogens with one attached hydrogen (secondary N) is 3. The molecule has 0 spiro atoms. The van der Waals surface area contributed by atoms with Gasteiger partial charge in [-0.05, 0) is 44.9 Å². The van der Waals surface area contributed by atoms with E-state index in [9.17, 15) is 13.6 Å². The number of hydrogen-bond acceptors (Lipinski definition) is 2. The summed E-state index contributed by atoms with van der Waals surface area (Å²) < 4.78 is 26.2. The molecule has 3 N–H and O–H groups in total. The van der Waals surface area contributed by atoms with Gasteiger partial charge in [0.25, 0.3) is 0 Å². The van der Waals surface area contributed by atoms with Gasteiger partial charge in [0, 0.05) is 25.2 Å². The number of nitrogens with zero attached hydrogens (tertiary/aromatic N) is 1. The summed E-state index contributed by atoms with van der Waals surface area (Å²) in [4.78, 5) is 15.7.